The van der Waals surface area contributed by atoms with E-state index in [1.54, 1.807) is 6.07 Å². The number of para-hydroxylation sites is 1. The van der Waals surface area contributed by atoms with Gasteiger partial charge in [-0.1, -0.05) is 30.3 Å². The van der Waals surface area contributed by atoms with E-state index in [1.807, 2.05) is 54.0 Å². The van der Waals surface area contributed by atoms with Gasteiger partial charge in [0.2, 0.25) is 0 Å². The van der Waals surface area contributed by atoms with Crippen LogP contribution in [0.3, 0.4) is 0 Å². The van der Waals surface area contributed by atoms with Gasteiger partial charge in [0.05, 0.1) is 11.3 Å². The lowest BCUT2D eigenvalue weighted by atomic mass is 10.1. The van der Waals surface area contributed by atoms with Crippen molar-refractivity contribution >= 4 is 0 Å². The molecule has 0 fully saturated rings. The number of benzene rings is 2. The van der Waals surface area contributed by atoms with Gasteiger partial charge in [0.25, 0.3) is 0 Å². The molecule has 0 saturated carbocycles. The fraction of sp³-hybridized carbons (Fsp3) is 0.111. The van der Waals surface area contributed by atoms with Gasteiger partial charge in [-0.25, -0.2) is 0 Å². The second-order valence-corrected chi connectivity index (χ2v) is 5.11. The molecule has 0 N–H and O–H groups in total. The molecule has 0 bridgehead atoms. The number of nitrogens with zero attached hydrogens (tertiary/aromatic N) is 1. The zero-order valence-corrected chi connectivity index (χ0v) is 11.9. The van der Waals surface area contributed by atoms with Crippen molar-refractivity contribution in [3.8, 4) is 16.9 Å². The Labute approximate surface area is 126 Å². The number of rotatable bonds is 2. The normalized spacial score (nSPS) is 11.6. The Kier molecular flexibility index (Phi) is 3.53. The van der Waals surface area contributed by atoms with Gasteiger partial charge in [-0.15, -0.1) is 0 Å². The average Bonchev–Trinajstić information content (AvgIpc) is 2.89. The van der Waals surface area contributed by atoms with Crippen LogP contribution >= 0.6 is 0 Å². The quantitative estimate of drug-likeness (QED) is 0.591. The van der Waals surface area contributed by atoms with Crippen molar-refractivity contribution in [1.82, 2.24) is 4.57 Å². The molecule has 0 amide bonds. The highest BCUT2D eigenvalue weighted by atomic mass is 19.4. The van der Waals surface area contributed by atoms with E-state index in [-0.39, 0.29) is 0 Å². The topological polar surface area (TPSA) is 4.93 Å². The van der Waals surface area contributed by atoms with Crippen molar-refractivity contribution in [3.63, 3.8) is 0 Å². The van der Waals surface area contributed by atoms with Gasteiger partial charge in [-0.05, 0) is 48.9 Å². The van der Waals surface area contributed by atoms with E-state index in [9.17, 15) is 13.2 Å². The molecular weight excluding hydrogens is 287 g/mol. The summed E-state index contributed by atoms with van der Waals surface area (Å²) in [5, 5.41) is 0. The summed E-state index contributed by atoms with van der Waals surface area (Å²) < 4.78 is 40.7. The summed E-state index contributed by atoms with van der Waals surface area (Å²) in [5.74, 6) is 0. The molecule has 1 heterocycles. The predicted molar refractivity (Wildman–Crippen MR) is 80.9 cm³/mol. The Morgan fingerprint density at radius 2 is 1.55 bits per heavy atom. The highest BCUT2D eigenvalue weighted by molar-refractivity contribution is 5.65. The lowest BCUT2D eigenvalue weighted by molar-refractivity contribution is -0.137. The maximum atomic E-state index is 12.9. The standard InChI is InChI=1S/C18H14F3N/c1-13-10-11-17(22(13)16-8-3-2-4-9-16)14-6-5-7-15(12-14)18(19,20)21/h2-12H,1H3. The maximum absolute atomic E-state index is 12.9. The zero-order chi connectivity index (χ0) is 15.7. The fourth-order valence-electron chi connectivity index (χ4n) is 2.54. The van der Waals surface area contributed by atoms with Gasteiger partial charge in [-0.2, -0.15) is 13.2 Å². The van der Waals surface area contributed by atoms with Crippen LogP contribution in [0.1, 0.15) is 11.3 Å². The molecule has 0 spiro atoms. The summed E-state index contributed by atoms with van der Waals surface area (Å²) in [6, 6.07) is 18.8. The van der Waals surface area contributed by atoms with E-state index in [1.165, 1.54) is 12.1 Å². The number of hydrogen-bond donors (Lipinski definition) is 0. The summed E-state index contributed by atoms with van der Waals surface area (Å²) in [6.45, 7) is 1.93. The smallest absolute Gasteiger partial charge is 0.314 e. The number of alkyl halides is 3. The van der Waals surface area contributed by atoms with Crippen LogP contribution in [0.2, 0.25) is 0 Å². The van der Waals surface area contributed by atoms with Crippen LogP contribution < -0.4 is 0 Å². The van der Waals surface area contributed by atoms with Crippen molar-refractivity contribution in [2.24, 2.45) is 0 Å². The monoisotopic (exact) mass is 301 g/mol. The van der Waals surface area contributed by atoms with Crippen LogP contribution in [0.5, 0.6) is 0 Å². The molecule has 0 aliphatic heterocycles. The molecule has 4 heteroatoms. The third kappa shape index (κ3) is 2.64. The minimum atomic E-state index is -4.34. The van der Waals surface area contributed by atoms with Gasteiger partial charge in [-0.3, -0.25) is 0 Å². The predicted octanol–water partition coefficient (Wildman–Crippen LogP) is 5.47. The number of hydrogen-bond acceptors (Lipinski definition) is 0. The van der Waals surface area contributed by atoms with Crippen LogP contribution in [0.15, 0.2) is 66.7 Å². The first-order chi connectivity index (χ1) is 10.5. The molecule has 0 atom stereocenters. The Hall–Kier alpha value is -2.49. The molecule has 3 aromatic rings. The molecule has 1 aromatic heterocycles. The highest BCUT2D eigenvalue weighted by Crippen LogP contribution is 2.33. The lowest BCUT2D eigenvalue weighted by Gasteiger charge is -2.13. The SMILES string of the molecule is Cc1ccc(-c2cccc(C(F)(F)F)c2)n1-c1ccccc1. The second kappa shape index (κ2) is 5.37. The maximum Gasteiger partial charge on any atom is 0.416 e. The molecule has 1 nitrogen and oxygen atoms in total. The summed E-state index contributed by atoms with van der Waals surface area (Å²) in [5.41, 5.74) is 2.56. The minimum Gasteiger partial charge on any atom is -0.314 e. The Morgan fingerprint density at radius 1 is 0.818 bits per heavy atom. The number of halogens is 3. The first kappa shape index (κ1) is 14.4. The highest BCUT2D eigenvalue weighted by Gasteiger charge is 2.30. The molecule has 0 radical (unpaired) electrons. The molecule has 3 rings (SSSR count). The molecular formula is C18H14F3N. The van der Waals surface area contributed by atoms with Crippen molar-refractivity contribution in [1.29, 1.82) is 0 Å². The van der Waals surface area contributed by atoms with Crippen LogP contribution in [-0.2, 0) is 6.18 Å². The van der Waals surface area contributed by atoms with E-state index in [4.69, 9.17) is 0 Å². The first-order valence-corrected chi connectivity index (χ1v) is 6.88. The summed E-state index contributed by atoms with van der Waals surface area (Å²) in [7, 11) is 0. The summed E-state index contributed by atoms with van der Waals surface area (Å²) in [4.78, 5) is 0. The van der Waals surface area contributed by atoms with E-state index >= 15 is 0 Å². The van der Waals surface area contributed by atoms with Crippen molar-refractivity contribution in [2.75, 3.05) is 0 Å². The third-order valence-corrected chi connectivity index (χ3v) is 3.58. The number of aromatic nitrogens is 1. The van der Waals surface area contributed by atoms with Crippen molar-refractivity contribution in [2.45, 2.75) is 13.1 Å². The van der Waals surface area contributed by atoms with Gasteiger partial charge in [0.15, 0.2) is 0 Å². The largest absolute Gasteiger partial charge is 0.416 e. The van der Waals surface area contributed by atoms with Gasteiger partial charge >= 0.3 is 6.18 Å². The van der Waals surface area contributed by atoms with Gasteiger partial charge < -0.3 is 4.57 Å². The third-order valence-electron chi connectivity index (χ3n) is 3.58. The van der Waals surface area contributed by atoms with E-state index in [0.29, 0.717) is 5.56 Å². The van der Waals surface area contributed by atoms with Crippen LogP contribution in [0.25, 0.3) is 16.9 Å². The molecule has 0 aliphatic rings. The second-order valence-electron chi connectivity index (χ2n) is 5.11. The van der Waals surface area contributed by atoms with E-state index in [0.717, 1.165) is 23.1 Å². The Balaban J connectivity index is 2.15. The summed E-state index contributed by atoms with van der Waals surface area (Å²) >= 11 is 0. The lowest BCUT2D eigenvalue weighted by Crippen LogP contribution is -2.05. The fourth-order valence-corrected chi connectivity index (χ4v) is 2.54. The Morgan fingerprint density at radius 3 is 2.23 bits per heavy atom. The van der Waals surface area contributed by atoms with E-state index in [2.05, 4.69) is 0 Å². The van der Waals surface area contributed by atoms with Crippen LogP contribution in [-0.4, -0.2) is 4.57 Å². The van der Waals surface area contributed by atoms with Crippen LogP contribution in [0, 0.1) is 6.92 Å². The van der Waals surface area contributed by atoms with Gasteiger partial charge in [0, 0.05) is 11.4 Å². The zero-order valence-electron chi connectivity index (χ0n) is 11.9. The van der Waals surface area contributed by atoms with Crippen LogP contribution in [0.4, 0.5) is 13.2 Å². The Bertz CT molecular complexity index is 786. The molecule has 0 saturated heterocycles. The molecule has 0 unspecified atom stereocenters. The van der Waals surface area contributed by atoms with Crippen molar-refractivity contribution in [3.05, 3.63) is 78.0 Å². The molecule has 2 aromatic carbocycles. The number of aryl methyl sites for hydroxylation is 1. The summed E-state index contributed by atoms with van der Waals surface area (Å²) in [6.07, 6.45) is -4.34. The molecule has 0 aliphatic carbocycles. The minimum absolute atomic E-state index is 0.548. The first-order valence-electron chi connectivity index (χ1n) is 6.88. The van der Waals surface area contributed by atoms with Crippen molar-refractivity contribution < 1.29 is 13.2 Å². The van der Waals surface area contributed by atoms with E-state index < -0.39 is 11.7 Å². The average molecular weight is 301 g/mol. The molecule has 22 heavy (non-hydrogen) atoms. The molecule has 112 valence electrons. The van der Waals surface area contributed by atoms with Gasteiger partial charge in [0.1, 0.15) is 0 Å².